The first-order valence-corrected chi connectivity index (χ1v) is 5.39. The van der Waals surface area contributed by atoms with E-state index >= 15 is 0 Å². The minimum Gasteiger partial charge on any atom is -0.433 e. The molecule has 2 nitrogen and oxygen atoms in total. The number of anilines is 1. The Hall–Kier alpha value is -1.32. The first kappa shape index (κ1) is 11.2. The highest BCUT2D eigenvalue weighted by molar-refractivity contribution is 5.63. The van der Waals surface area contributed by atoms with Crippen molar-refractivity contribution >= 4 is 5.69 Å². The third-order valence-corrected chi connectivity index (χ3v) is 2.84. The van der Waals surface area contributed by atoms with Crippen molar-refractivity contribution < 1.29 is 13.5 Å². The Morgan fingerprint density at radius 1 is 1.38 bits per heavy atom. The maximum Gasteiger partial charge on any atom is 0.387 e. The van der Waals surface area contributed by atoms with Crippen LogP contribution in [-0.2, 0) is 0 Å². The van der Waals surface area contributed by atoms with E-state index in [1.54, 1.807) is 13.1 Å². The van der Waals surface area contributed by atoms with Crippen LogP contribution in [0.15, 0.2) is 12.1 Å². The van der Waals surface area contributed by atoms with E-state index in [4.69, 9.17) is 0 Å². The summed E-state index contributed by atoms with van der Waals surface area (Å²) in [5, 5.41) is 2.90. The minimum atomic E-state index is -2.78. The molecule has 1 aromatic rings. The molecule has 1 aliphatic carbocycles. The van der Waals surface area contributed by atoms with Crippen molar-refractivity contribution in [3.8, 4) is 5.75 Å². The number of benzene rings is 1. The molecule has 4 heteroatoms. The number of rotatable bonds is 4. The van der Waals surface area contributed by atoms with Gasteiger partial charge in [0.25, 0.3) is 0 Å². The van der Waals surface area contributed by atoms with Crippen molar-refractivity contribution in [3.63, 3.8) is 0 Å². The van der Waals surface area contributed by atoms with Gasteiger partial charge in [-0.25, -0.2) is 0 Å². The molecule has 0 aromatic heterocycles. The molecule has 0 atom stereocenters. The summed E-state index contributed by atoms with van der Waals surface area (Å²) in [6.45, 7) is -0.878. The quantitative estimate of drug-likeness (QED) is 0.849. The van der Waals surface area contributed by atoms with Gasteiger partial charge in [-0.2, -0.15) is 8.78 Å². The predicted octanol–water partition coefficient (Wildman–Crippen LogP) is 3.52. The molecular formula is C12H15F2NO. The molecule has 88 valence electrons. The molecule has 1 saturated carbocycles. The molecule has 0 amide bonds. The van der Waals surface area contributed by atoms with Crippen LogP contribution in [0.4, 0.5) is 14.5 Å². The number of aryl methyl sites for hydroxylation is 1. The SMILES string of the molecule is CNc1c(C)cc(C2CC2)cc1OC(F)F. The van der Waals surface area contributed by atoms with Crippen LogP contribution in [0.25, 0.3) is 0 Å². The zero-order valence-electron chi connectivity index (χ0n) is 9.39. The molecule has 0 heterocycles. The first-order chi connectivity index (χ1) is 7.61. The number of nitrogens with one attached hydrogen (secondary N) is 1. The minimum absolute atomic E-state index is 0.249. The molecule has 1 fully saturated rings. The first-order valence-electron chi connectivity index (χ1n) is 5.39. The van der Waals surface area contributed by atoms with Crippen molar-refractivity contribution in [3.05, 3.63) is 23.3 Å². The number of alkyl halides is 2. The molecule has 1 aliphatic rings. The number of hydrogen-bond donors (Lipinski definition) is 1. The van der Waals surface area contributed by atoms with Crippen molar-refractivity contribution in [2.45, 2.75) is 32.3 Å². The average Bonchev–Trinajstić information content (AvgIpc) is 2.99. The molecule has 0 radical (unpaired) electrons. The third kappa shape index (κ3) is 2.26. The van der Waals surface area contributed by atoms with Crippen molar-refractivity contribution in [2.75, 3.05) is 12.4 Å². The van der Waals surface area contributed by atoms with Crippen LogP contribution in [0.1, 0.15) is 29.9 Å². The molecule has 1 N–H and O–H groups in total. The molecule has 2 rings (SSSR count). The fourth-order valence-corrected chi connectivity index (χ4v) is 1.94. The fraction of sp³-hybridized carbons (Fsp3) is 0.500. The summed E-state index contributed by atoms with van der Waals surface area (Å²) in [7, 11) is 1.71. The largest absolute Gasteiger partial charge is 0.433 e. The van der Waals surface area contributed by atoms with Gasteiger partial charge in [0.15, 0.2) is 0 Å². The van der Waals surface area contributed by atoms with E-state index in [0.29, 0.717) is 11.6 Å². The van der Waals surface area contributed by atoms with Crippen LogP contribution < -0.4 is 10.1 Å². The van der Waals surface area contributed by atoms with Gasteiger partial charge in [0, 0.05) is 7.05 Å². The second-order valence-electron chi connectivity index (χ2n) is 4.11. The Morgan fingerprint density at radius 3 is 2.56 bits per heavy atom. The number of hydrogen-bond acceptors (Lipinski definition) is 2. The van der Waals surface area contributed by atoms with Crippen LogP contribution in [0.3, 0.4) is 0 Å². The molecule has 0 saturated heterocycles. The smallest absolute Gasteiger partial charge is 0.387 e. The highest BCUT2D eigenvalue weighted by atomic mass is 19.3. The Kier molecular flexibility index (Phi) is 2.99. The van der Waals surface area contributed by atoms with Crippen molar-refractivity contribution in [2.24, 2.45) is 0 Å². The summed E-state index contributed by atoms with van der Waals surface area (Å²) < 4.78 is 29.1. The van der Waals surface area contributed by atoms with Gasteiger partial charge in [-0.3, -0.25) is 0 Å². The van der Waals surface area contributed by atoms with Crippen LogP contribution in [0, 0.1) is 6.92 Å². The second-order valence-corrected chi connectivity index (χ2v) is 4.11. The van der Waals surface area contributed by atoms with Crippen molar-refractivity contribution in [1.82, 2.24) is 0 Å². The van der Waals surface area contributed by atoms with Gasteiger partial charge in [-0.15, -0.1) is 0 Å². The van der Waals surface area contributed by atoms with E-state index in [9.17, 15) is 8.78 Å². The zero-order chi connectivity index (χ0) is 11.7. The van der Waals surface area contributed by atoms with Gasteiger partial charge in [-0.05, 0) is 42.9 Å². The summed E-state index contributed by atoms with van der Waals surface area (Å²) in [6, 6.07) is 3.77. The maximum absolute atomic E-state index is 12.3. The molecule has 0 bridgehead atoms. The van der Waals surface area contributed by atoms with E-state index in [0.717, 1.165) is 24.0 Å². The molecule has 1 aromatic carbocycles. The van der Waals surface area contributed by atoms with E-state index in [-0.39, 0.29) is 5.75 Å². The molecular weight excluding hydrogens is 212 g/mol. The lowest BCUT2D eigenvalue weighted by atomic mass is 10.1. The van der Waals surface area contributed by atoms with Gasteiger partial charge in [0.2, 0.25) is 0 Å². The van der Waals surface area contributed by atoms with E-state index in [1.165, 1.54) is 0 Å². The standard InChI is InChI=1S/C12H15F2NO/c1-7-5-9(8-3-4-8)6-10(11(7)15-2)16-12(13)14/h5-6,8,12,15H,3-4H2,1-2H3. The summed E-state index contributed by atoms with van der Waals surface area (Å²) in [5.74, 6) is 0.782. The van der Waals surface area contributed by atoms with Crippen LogP contribution in [-0.4, -0.2) is 13.7 Å². The second kappa shape index (κ2) is 4.28. The highest BCUT2D eigenvalue weighted by Crippen LogP contribution is 2.43. The highest BCUT2D eigenvalue weighted by Gasteiger charge is 2.25. The third-order valence-electron chi connectivity index (χ3n) is 2.84. The summed E-state index contributed by atoms with van der Waals surface area (Å²) in [5.41, 5.74) is 2.69. The van der Waals surface area contributed by atoms with E-state index in [2.05, 4.69) is 10.1 Å². The van der Waals surface area contributed by atoms with Gasteiger partial charge in [0.05, 0.1) is 5.69 Å². The van der Waals surface area contributed by atoms with Gasteiger partial charge >= 0.3 is 6.61 Å². The van der Waals surface area contributed by atoms with Gasteiger partial charge in [0.1, 0.15) is 5.75 Å². The van der Waals surface area contributed by atoms with Crippen LogP contribution >= 0.6 is 0 Å². The number of halogens is 2. The Labute approximate surface area is 93.6 Å². The molecule has 0 aliphatic heterocycles. The Balaban J connectivity index is 2.36. The predicted molar refractivity (Wildman–Crippen MR) is 59.3 cm³/mol. The van der Waals surface area contributed by atoms with Gasteiger partial charge in [-0.1, -0.05) is 6.07 Å². The Morgan fingerprint density at radius 2 is 2.06 bits per heavy atom. The van der Waals surface area contributed by atoms with E-state index in [1.807, 2.05) is 13.0 Å². The number of ether oxygens (including phenoxy) is 1. The van der Waals surface area contributed by atoms with Crippen molar-refractivity contribution in [1.29, 1.82) is 0 Å². The summed E-state index contributed by atoms with van der Waals surface area (Å²) in [6.07, 6.45) is 2.29. The summed E-state index contributed by atoms with van der Waals surface area (Å²) >= 11 is 0. The summed E-state index contributed by atoms with van der Waals surface area (Å²) in [4.78, 5) is 0. The lowest BCUT2D eigenvalue weighted by Crippen LogP contribution is -2.06. The van der Waals surface area contributed by atoms with Crippen LogP contribution in [0.2, 0.25) is 0 Å². The van der Waals surface area contributed by atoms with Crippen LogP contribution in [0.5, 0.6) is 5.75 Å². The lowest BCUT2D eigenvalue weighted by Gasteiger charge is -2.14. The fourth-order valence-electron chi connectivity index (χ4n) is 1.94. The normalized spacial score (nSPS) is 15.3. The van der Waals surface area contributed by atoms with E-state index < -0.39 is 6.61 Å². The average molecular weight is 227 g/mol. The molecule has 0 spiro atoms. The lowest BCUT2D eigenvalue weighted by molar-refractivity contribution is -0.0494. The monoisotopic (exact) mass is 227 g/mol. The molecule has 16 heavy (non-hydrogen) atoms. The maximum atomic E-state index is 12.3. The topological polar surface area (TPSA) is 21.3 Å². The van der Waals surface area contributed by atoms with Gasteiger partial charge < -0.3 is 10.1 Å². The Bertz CT molecular complexity index is 389. The zero-order valence-corrected chi connectivity index (χ0v) is 9.39. The molecule has 0 unspecified atom stereocenters.